The highest BCUT2D eigenvalue weighted by atomic mass is 16.4. The Morgan fingerprint density at radius 2 is 1.79 bits per heavy atom. The first kappa shape index (κ1) is 13.1. The van der Waals surface area contributed by atoms with E-state index in [0.717, 1.165) is 16.8 Å². The number of benzene rings is 2. The zero-order valence-corrected chi connectivity index (χ0v) is 10.3. The fourth-order valence-electron chi connectivity index (χ4n) is 1.75. The third-order valence-electron chi connectivity index (χ3n) is 2.81. The molecule has 2 rings (SSSR count). The fourth-order valence-corrected chi connectivity index (χ4v) is 1.75. The molecular weight excluding hydrogens is 242 g/mol. The summed E-state index contributed by atoms with van der Waals surface area (Å²) in [6, 6.07) is 14.3. The third kappa shape index (κ3) is 3.56. The van der Waals surface area contributed by atoms with Gasteiger partial charge >= 0.3 is 5.97 Å². The maximum atomic E-state index is 10.7. The molecule has 19 heavy (non-hydrogen) atoms. The van der Waals surface area contributed by atoms with E-state index in [1.165, 1.54) is 0 Å². The van der Waals surface area contributed by atoms with Crippen molar-refractivity contribution in [3.8, 4) is 0 Å². The van der Waals surface area contributed by atoms with E-state index >= 15 is 0 Å². The standard InChI is InChI=1S/C15H15NO3/c17-10-12-2-1-3-14(8-12)16-9-11-4-6-13(7-5-11)15(18)19/h1-8,16-17H,9-10H2,(H,18,19). The lowest BCUT2D eigenvalue weighted by atomic mass is 10.1. The summed E-state index contributed by atoms with van der Waals surface area (Å²) in [5.74, 6) is -0.921. The minimum absolute atomic E-state index is 0.0167. The van der Waals surface area contributed by atoms with Gasteiger partial charge in [0, 0.05) is 12.2 Å². The predicted molar refractivity (Wildman–Crippen MR) is 73.1 cm³/mol. The number of hydrogen-bond donors (Lipinski definition) is 3. The van der Waals surface area contributed by atoms with Crippen LogP contribution in [0, 0.1) is 0 Å². The number of aromatic carboxylic acids is 1. The summed E-state index contributed by atoms with van der Waals surface area (Å²) >= 11 is 0. The number of carbonyl (C=O) groups is 1. The number of aliphatic hydroxyl groups is 1. The van der Waals surface area contributed by atoms with Gasteiger partial charge in [-0.1, -0.05) is 24.3 Å². The van der Waals surface area contributed by atoms with Gasteiger partial charge in [0.2, 0.25) is 0 Å². The van der Waals surface area contributed by atoms with Gasteiger partial charge in [-0.2, -0.15) is 0 Å². The smallest absolute Gasteiger partial charge is 0.335 e. The van der Waals surface area contributed by atoms with Crippen LogP contribution in [0.3, 0.4) is 0 Å². The van der Waals surface area contributed by atoms with E-state index in [9.17, 15) is 4.79 Å². The van der Waals surface area contributed by atoms with Crippen LogP contribution in [-0.4, -0.2) is 16.2 Å². The van der Waals surface area contributed by atoms with E-state index in [0.29, 0.717) is 6.54 Å². The Morgan fingerprint density at radius 3 is 2.42 bits per heavy atom. The van der Waals surface area contributed by atoms with Crippen molar-refractivity contribution in [2.45, 2.75) is 13.2 Å². The minimum atomic E-state index is -0.921. The number of rotatable bonds is 5. The first-order valence-electron chi connectivity index (χ1n) is 5.95. The minimum Gasteiger partial charge on any atom is -0.478 e. The van der Waals surface area contributed by atoms with Crippen LogP contribution in [0.1, 0.15) is 21.5 Å². The Morgan fingerprint density at radius 1 is 1.05 bits per heavy atom. The lowest BCUT2D eigenvalue weighted by Crippen LogP contribution is -2.01. The molecule has 0 spiro atoms. The fraction of sp³-hybridized carbons (Fsp3) is 0.133. The van der Waals surface area contributed by atoms with Crippen molar-refractivity contribution in [3.63, 3.8) is 0 Å². The lowest BCUT2D eigenvalue weighted by molar-refractivity contribution is 0.0697. The topological polar surface area (TPSA) is 69.6 Å². The number of hydrogen-bond acceptors (Lipinski definition) is 3. The van der Waals surface area contributed by atoms with Gasteiger partial charge in [0.1, 0.15) is 0 Å². The molecule has 0 bridgehead atoms. The molecule has 0 radical (unpaired) electrons. The van der Waals surface area contributed by atoms with Crippen LogP contribution in [0.5, 0.6) is 0 Å². The highest BCUT2D eigenvalue weighted by Crippen LogP contribution is 2.12. The molecule has 0 aromatic heterocycles. The maximum Gasteiger partial charge on any atom is 0.335 e. The van der Waals surface area contributed by atoms with E-state index in [1.54, 1.807) is 24.3 Å². The van der Waals surface area contributed by atoms with E-state index in [4.69, 9.17) is 10.2 Å². The molecule has 0 amide bonds. The zero-order valence-electron chi connectivity index (χ0n) is 10.3. The molecule has 2 aromatic carbocycles. The molecule has 4 nitrogen and oxygen atoms in total. The molecule has 0 unspecified atom stereocenters. The Labute approximate surface area is 111 Å². The monoisotopic (exact) mass is 257 g/mol. The second-order valence-electron chi connectivity index (χ2n) is 4.21. The highest BCUT2D eigenvalue weighted by molar-refractivity contribution is 5.87. The average molecular weight is 257 g/mol. The summed E-state index contributed by atoms with van der Waals surface area (Å²) in [5, 5.41) is 21.1. The van der Waals surface area contributed by atoms with Crippen molar-refractivity contribution < 1.29 is 15.0 Å². The Balaban J connectivity index is 1.99. The molecule has 0 saturated heterocycles. The second-order valence-corrected chi connectivity index (χ2v) is 4.21. The normalized spacial score (nSPS) is 10.2. The van der Waals surface area contributed by atoms with Gasteiger partial charge in [-0.3, -0.25) is 0 Å². The number of anilines is 1. The zero-order chi connectivity index (χ0) is 13.7. The van der Waals surface area contributed by atoms with Gasteiger partial charge in [0.15, 0.2) is 0 Å². The van der Waals surface area contributed by atoms with Crippen molar-refractivity contribution in [2.75, 3.05) is 5.32 Å². The second kappa shape index (κ2) is 6.02. The van der Waals surface area contributed by atoms with Gasteiger partial charge in [-0.25, -0.2) is 4.79 Å². The molecule has 0 aliphatic rings. The predicted octanol–water partition coefficient (Wildman–Crippen LogP) is 2.49. The summed E-state index contributed by atoms with van der Waals surface area (Å²) in [7, 11) is 0. The third-order valence-corrected chi connectivity index (χ3v) is 2.81. The summed E-state index contributed by atoms with van der Waals surface area (Å²) in [6.07, 6.45) is 0. The number of aliphatic hydroxyl groups excluding tert-OH is 1. The van der Waals surface area contributed by atoms with Crippen LogP contribution in [0.15, 0.2) is 48.5 Å². The van der Waals surface area contributed by atoms with Crippen LogP contribution in [0.2, 0.25) is 0 Å². The molecule has 0 fully saturated rings. The van der Waals surface area contributed by atoms with E-state index in [-0.39, 0.29) is 12.2 Å². The average Bonchev–Trinajstić information content (AvgIpc) is 2.46. The molecule has 98 valence electrons. The lowest BCUT2D eigenvalue weighted by Gasteiger charge is -2.08. The van der Waals surface area contributed by atoms with E-state index in [1.807, 2.05) is 24.3 Å². The van der Waals surface area contributed by atoms with Gasteiger partial charge in [0.05, 0.1) is 12.2 Å². The molecule has 2 aromatic rings. The molecular formula is C15H15NO3. The van der Waals surface area contributed by atoms with Gasteiger partial charge in [-0.15, -0.1) is 0 Å². The number of nitrogens with one attached hydrogen (secondary N) is 1. The van der Waals surface area contributed by atoms with Crippen molar-refractivity contribution in [3.05, 3.63) is 65.2 Å². The number of carboxylic acids is 1. The summed E-state index contributed by atoms with van der Waals surface area (Å²) in [5.41, 5.74) is 3.06. The molecule has 0 saturated carbocycles. The number of carboxylic acid groups (broad SMARTS) is 1. The summed E-state index contributed by atoms with van der Waals surface area (Å²) < 4.78 is 0. The summed E-state index contributed by atoms with van der Waals surface area (Å²) in [6.45, 7) is 0.623. The van der Waals surface area contributed by atoms with Gasteiger partial charge < -0.3 is 15.5 Å². The molecule has 0 aliphatic carbocycles. The van der Waals surface area contributed by atoms with Crippen LogP contribution in [-0.2, 0) is 13.2 Å². The first-order valence-corrected chi connectivity index (χ1v) is 5.95. The highest BCUT2D eigenvalue weighted by Gasteiger charge is 2.01. The molecule has 3 N–H and O–H groups in total. The van der Waals surface area contributed by atoms with Gasteiger partial charge in [0.25, 0.3) is 0 Å². The molecule has 0 aliphatic heterocycles. The Hall–Kier alpha value is -2.33. The van der Waals surface area contributed by atoms with Crippen LogP contribution in [0.25, 0.3) is 0 Å². The van der Waals surface area contributed by atoms with Gasteiger partial charge in [-0.05, 0) is 35.4 Å². The first-order chi connectivity index (χ1) is 9.19. The molecule has 0 atom stereocenters. The van der Waals surface area contributed by atoms with Crippen LogP contribution >= 0.6 is 0 Å². The quantitative estimate of drug-likeness (QED) is 0.769. The maximum absolute atomic E-state index is 10.7. The SMILES string of the molecule is O=C(O)c1ccc(CNc2cccc(CO)c2)cc1. The van der Waals surface area contributed by atoms with Crippen molar-refractivity contribution in [1.82, 2.24) is 0 Å². The summed E-state index contributed by atoms with van der Waals surface area (Å²) in [4.78, 5) is 10.7. The molecule has 0 heterocycles. The van der Waals surface area contributed by atoms with E-state index < -0.39 is 5.97 Å². The largest absolute Gasteiger partial charge is 0.478 e. The molecule has 4 heteroatoms. The Bertz CT molecular complexity index is 564. The Kier molecular flexibility index (Phi) is 4.15. The van der Waals surface area contributed by atoms with Crippen molar-refractivity contribution >= 4 is 11.7 Å². The van der Waals surface area contributed by atoms with Crippen molar-refractivity contribution in [1.29, 1.82) is 0 Å². The van der Waals surface area contributed by atoms with Crippen LogP contribution < -0.4 is 5.32 Å². The van der Waals surface area contributed by atoms with Crippen LogP contribution in [0.4, 0.5) is 5.69 Å². The van der Waals surface area contributed by atoms with Crippen molar-refractivity contribution in [2.24, 2.45) is 0 Å². The van der Waals surface area contributed by atoms with E-state index in [2.05, 4.69) is 5.32 Å².